The first kappa shape index (κ1) is 12.2. The van der Waals surface area contributed by atoms with Gasteiger partial charge in [0.1, 0.15) is 0 Å². The molecule has 0 atom stereocenters. The van der Waals surface area contributed by atoms with E-state index in [1.165, 1.54) is 0 Å². The maximum Gasteiger partial charge on any atom is 0.292 e. The lowest BCUT2D eigenvalue weighted by molar-refractivity contribution is 0.0944. The molecule has 0 unspecified atom stereocenters. The zero-order chi connectivity index (χ0) is 13.8. The fraction of sp³-hybridized carbons (Fsp3) is 0.154. The third-order valence-corrected chi connectivity index (χ3v) is 2.94. The summed E-state index contributed by atoms with van der Waals surface area (Å²) >= 11 is 0. The molecule has 0 bridgehead atoms. The van der Waals surface area contributed by atoms with E-state index in [0.29, 0.717) is 13.0 Å². The van der Waals surface area contributed by atoms with Gasteiger partial charge in [-0.2, -0.15) is 5.21 Å². The Kier molecular flexibility index (Phi) is 3.32. The number of amides is 1. The van der Waals surface area contributed by atoms with Crippen LogP contribution in [-0.4, -0.2) is 38.1 Å². The van der Waals surface area contributed by atoms with Crippen LogP contribution in [-0.2, 0) is 6.42 Å². The average molecular weight is 268 g/mol. The number of rotatable bonds is 4. The maximum atomic E-state index is 11.6. The predicted molar refractivity (Wildman–Crippen MR) is 72.0 cm³/mol. The molecule has 0 aliphatic carbocycles. The highest BCUT2D eigenvalue weighted by molar-refractivity contribution is 5.90. The van der Waals surface area contributed by atoms with Crippen LogP contribution >= 0.6 is 0 Å². The molecule has 1 aromatic carbocycles. The monoisotopic (exact) mass is 268 g/mol. The third kappa shape index (κ3) is 2.46. The minimum absolute atomic E-state index is 0.0426. The number of hydrogen-bond donors (Lipinski definition) is 2. The highest BCUT2D eigenvalue weighted by atomic mass is 16.2. The summed E-state index contributed by atoms with van der Waals surface area (Å²) in [5, 5.41) is 16.7. The van der Waals surface area contributed by atoms with E-state index in [2.05, 4.69) is 30.9 Å². The first-order valence-corrected chi connectivity index (χ1v) is 6.19. The minimum Gasteiger partial charge on any atom is -0.349 e. The van der Waals surface area contributed by atoms with Crippen LogP contribution in [0.25, 0.3) is 10.9 Å². The number of carbonyl (C=O) groups excluding carboxylic acids is 1. The second kappa shape index (κ2) is 5.43. The van der Waals surface area contributed by atoms with E-state index in [4.69, 9.17) is 0 Å². The van der Waals surface area contributed by atoms with E-state index in [9.17, 15) is 4.79 Å². The van der Waals surface area contributed by atoms with Gasteiger partial charge in [0.05, 0.1) is 5.52 Å². The Balaban J connectivity index is 1.67. The van der Waals surface area contributed by atoms with Crippen LogP contribution in [0.4, 0.5) is 0 Å². The van der Waals surface area contributed by atoms with E-state index in [-0.39, 0.29) is 11.7 Å². The summed E-state index contributed by atoms with van der Waals surface area (Å²) in [4.78, 5) is 16.0. The molecule has 0 saturated carbocycles. The Labute approximate surface area is 114 Å². The number of H-pyrrole nitrogens is 1. The second-order valence-corrected chi connectivity index (χ2v) is 4.23. The summed E-state index contributed by atoms with van der Waals surface area (Å²) < 4.78 is 0. The molecular formula is C13H12N6O. The van der Waals surface area contributed by atoms with Crippen molar-refractivity contribution in [1.29, 1.82) is 0 Å². The molecule has 0 aliphatic rings. The normalized spacial score (nSPS) is 10.6. The number of nitrogens with zero attached hydrogens (tertiary/aromatic N) is 4. The van der Waals surface area contributed by atoms with Crippen molar-refractivity contribution in [3.05, 3.63) is 47.9 Å². The largest absolute Gasteiger partial charge is 0.349 e. The molecule has 2 N–H and O–H groups in total. The predicted octanol–water partition coefficient (Wildman–Crippen LogP) is 0.720. The van der Waals surface area contributed by atoms with E-state index in [1.54, 1.807) is 6.20 Å². The molecule has 1 amide bonds. The number of tetrazole rings is 1. The van der Waals surface area contributed by atoms with Gasteiger partial charge in [-0.25, -0.2) is 0 Å². The summed E-state index contributed by atoms with van der Waals surface area (Å²) in [6.45, 7) is 0.489. The summed E-state index contributed by atoms with van der Waals surface area (Å²) in [5.41, 5.74) is 2.06. The van der Waals surface area contributed by atoms with Crippen molar-refractivity contribution in [1.82, 2.24) is 30.9 Å². The number of fused-ring (bicyclic) bond motifs is 1. The van der Waals surface area contributed by atoms with Gasteiger partial charge in [0.15, 0.2) is 0 Å². The average Bonchev–Trinajstić information content (AvgIpc) is 3.02. The molecule has 3 rings (SSSR count). The topological polar surface area (TPSA) is 96.5 Å². The molecule has 0 saturated heterocycles. The molecule has 2 aromatic heterocycles. The molecule has 0 aliphatic heterocycles. The second-order valence-electron chi connectivity index (χ2n) is 4.23. The zero-order valence-corrected chi connectivity index (χ0v) is 10.6. The maximum absolute atomic E-state index is 11.6. The Morgan fingerprint density at radius 3 is 3.00 bits per heavy atom. The number of hydrogen-bond acceptors (Lipinski definition) is 5. The van der Waals surface area contributed by atoms with Crippen LogP contribution in [0.1, 0.15) is 16.2 Å². The van der Waals surface area contributed by atoms with Crippen molar-refractivity contribution in [2.24, 2.45) is 0 Å². The Morgan fingerprint density at radius 1 is 1.25 bits per heavy atom. The molecule has 3 aromatic rings. The van der Waals surface area contributed by atoms with Gasteiger partial charge >= 0.3 is 0 Å². The Bertz CT molecular complexity index is 719. The molecular weight excluding hydrogens is 256 g/mol. The van der Waals surface area contributed by atoms with Crippen molar-refractivity contribution in [2.45, 2.75) is 6.42 Å². The number of carbonyl (C=O) groups is 1. The Hall–Kier alpha value is -2.83. The molecule has 0 spiro atoms. The van der Waals surface area contributed by atoms with Crippen LogP contribution in [0.15, 0.2) is 36.5 Å². The first-order chi connectivity index (χ1) is 9.84. The Morgan fingerprint density at radius 2 is 2.15 bits per heavy atom. The fourth-order valence-electron chi connectivity index (χ4n) is 2.02. The van der Waals surface area contributed by atoms with E-state index >= 15 is 0 Å². The number of aromatic nitrogens is 5. The molecule has 7 nitrogen and oxygen atoms in total. The zero-order valence-electron chi connectivity index (χ0n) is 10.6. The first-order valence-electron chi connectivity index (χ1n) is 6.19. The van der Waals surface area contributed by atoms with Crippen molar-refractivity contribution < 1.29 is 4.79 Å². The number of aromatic amines is 1. The van der Waals surface area contributed by atoms with E-state index in [0.717, 1.165) is 16.5 Å². The minimum atomic E-state index is -0.341. The fourth-order valence-corrected chi connectivity index (χ4v) is 2.02. The third-order valence-electron chi connectivity index (χ3n) is 2.94. The van der Waals surface area contributed by atoms with Crippen LogP contribution in [0.3, 0.4) is 0 Å². The molecule has 0 fully saturated rings. The summed E-state index contributed by atoms with van der Waals surface area (Å²) in [6.07, 6.45) is 2.46. The number of nitrogens with one attached hydrogen (secondary N) is 2. The van der Waals surface area contributed by atoms with Crippen LogP contribution in [0, 0.1) is 0 Å². The number of pyridine rings is 1. The van der Waals surface area contributed by atoms with Gasteiger partial charge in [-0.15, -0.1) is 10.2 Å². The van der Waals surface area contributed by atoms with E-state index in [1.807, 2.05) is 30.3 Å². The van der Waals surface area contributed by atoms with Crippen molar-refractivity contribution >= 4 is 16.8 Å². The molecule has 7 heteroatoms. The standard InChI is InChI=1S/C13H12N6O/c20-13(12-16-18-19-17-12)15-8-6-10-4-1-3-9-5-2-7-14-11(9)10/h1-5,7H,6,8H2,(H,15,20)(H,16,17,18,19). The van der Waals surface area contributed by atoms with Gasteiger partial charge in [-0.1, -0.05) is 24.3 Å². The van der Waals surface area contributed by atoms with E-state index < -0.39 is 0 Å². The number of benzene rings is 1. The molecule has 2 heterocycles. The van der Waals surface area contributed by atoms with Gasteiger partial charge in [0.25, 0.3) is 11.7 Å². The van der Waals surface area contributed by atoms with Gasteiger partial charge in [-0.05, 0) is 23.3 Å². The molecule has 100 valence electrons. The lowest BCUT2D eigenvalue weighted by atomic mass is 10.1. The SMILES string of the molecule is O=C(NCCc1cccc2cccnc12)c1nn[nH]n1. The van der Waals surface area contributed by atoms with Crippen LogP contribution in [0.2, 0.25) is 0 Å². The van der Waals surface area contributed by atoms with Gasteiger partial charge < -0.3 is 5.32 Å². The van der Waals surface area contributed by atoms with Crippen molar-refractivity contribution in [2.75, 3.05) is 6.54 Å². The lowest BCUT2D eigenvalue weighted by Gasteiger charge is -2.06. The highest BCUT2D eigenvalue weighted by Crippen LogP contribution is 2.15. The molecule has 20 heavy (non-hydrogen) atoms. The van der Waals surface area contributed by atoms with Gasteiger partial charge in [0, 0.05) is 18.1 Å². The summed E-state index contributed by atoms with van der Waals surface area (Å²) in [5.74, 6) is -0.298. The van der Waals surface area contributed by atoms with Crippen molar-refractivity contribution in [3.63, 3.8) is 0 Å². The van der Waals surface area contributed by atoms with Crippen LogP contribution in [0.5, 0.6) is 0 Å². The lowest BCUT2D eigenvalue weighted by Crippen LogP contribution is -2.26. The van der Waals surface area contributed by atoms with Gasteiger partial charge in [0.2, 0.25) is 0 Å². The summed E-state index contributed by atoms with van der Waals surface area (Å²) in [7, 11) is 0. The van der Waals surface area contributed by atoms with Crippen LogP contribution < -0.4 is 5.32 Å². The number of para-hydroxylation sites is 1. The van der Waals surface area contributed by atoms with Gasteiger partial charge in [-0.3, -0.25) is 9.78 Å². The van der Waals surface area contributed by atoms with Crippen molar-refractivity contribution in [3.8, 4) is 0 Å². The smallest absolute Gasteiger partial charge is 0.292 e. The quantitative estimate of drug-likeness (QED) is 0.726. The summed E-state index contributed by atoms with van der Waals surface area (Å²) in [6, 6.07) is 9.94. The molecule has 0 radical (unpaired) electrons. The highest BCUT2D eigenvalue weighted by Gasteiger charge is 2.09.